The number of para-hydroxylation sites is 4. The van der Waals surface area contributed by atoms with E-state index in [0.29, 0.717) is 5.75 Å². The van der Waals surface area contributed by atoms with Crippen LogP contribution in [0.5, 0.6) is 11.5 Å². The first-order valence-electron chi connectivity index (χ1n) is 26.2. The van der Waals surface area contributed by atoms with E-state index in [0.717, 1.165) is 87.2 Å². The van der Waals surface area contributed by atoms with Crippen LogP contribution in [0.15, 0.2) is 206 Å². The summed E-state index contributed by atoms with van der Waals surface area (Å²) in [6.07, 6.45) is 1.85. The molecule has 14 rings (SSSR count). The SMILES string of the molecule is [2H]C([2H])([2H])c1ccc(-n2[c](=[Pt])n(-c3c(-c4ccccc4)cc(C(C)(C)C)cc3-c3ccccc3)c3ccccc32)cc1Oc1ccc2c3cc4c5cccc6c7ccccc7n(c4cc3n(-c3cc(C)ccn3)c2c1)c65. The van der Waals surface area contributed by atoms with Gasteiger partial charge in [-0.2, -0.15) is 0 Å². The molecule has 0 unspecified atom stereocenters. The number of benzene rings is 9. The van der Waals surface area contributed by atoms with Gasteiger partial charge in [0.05, 0.1) is 16.6 Å². The Morgan fingerprint density at radius 3 is 1.82 bits per heavy atom. The van der Waals surface area contributed by atoms with Crippen LogP contribution >= 0.6 is 0 Å². The van der Waals surface area contributed by atoms with Gasteiger partial charge in [0.25, 0.3) is 0 Å². The van der Waals surface area contributed by atoms with E-state index in [2.05, 4.69) is 229 Å². The summed E-state index contributed by atoms with van der Waals surface area (Å²) in [6.45, 7) is 6.40. The first kappa shape index (κ1) is 40.3. The van der Waals surface area contributed by atoms with E-state index in [-0.39, 0.29) is 16.7 Å². The standard InChI is InChI=1S/C66H49N5O.Pt/c1-41-31-32-67-63(33-41)70-59-37-47(29-30-49(59)54-38-55-51-23-16-22-50-48-21-12-13-24-56(48)71(65(50)51)61(55)39-60(54)70)72-62-36-46(28-27-42(62)2)68-40-69(58-26-15-14-25-57(58)68)64-52(43-17-8-6-9-18-43)34-45(66(3,4)5)35-53(64)44-19-10-7-11-20-44;/h6-39H,1-5H3;/i2D3;. The molecule has 0 aliphatic heterocycles. The number of aromatic nitrogens is 5. The summed E-state index contributed by atoms with van der Waals surface area (Å²) in [5.41, 5.74) is 15.9. The zero-order chi connectivity index (χ0) is 51.8. The summed E-state index contributed by atoms with van der Waals surface area (Å²) in [4.78, 5) is 4.95. The summed E-state index contributed by atoms with van der Waals surface area (Å²) in [5.74, 6) is 1.53. The van der Waals surface area contributed by atoms with E-state index in [1.54, 1.807) is 6.07 Å². The summed E-state index contributed by atoms with van der Waals surface area (Å²) >= 11 is 2.44. The molecule has 354 valence electrons. The molecule has 73 heavy (non-hydrogen) atoms. The Kier molecular flexibility index (Phi) is 9.03. The zero-order valence-electron chi connectivity index (χ0n) is 43.6. The van der Waals surface area contributed by atoms with Crippen molar-refractivity contribution in [3.8, 4) is 50.9 Å². The normalized spacial score (nSPS) is 13.0. The third-order valence-corrected chi connectivity index (χ3v) is 15.8. The Bertz CT molecular complexity index is 4670. The molecule has 0 aliphatic rings. The molecule has 0 fully saturated rings. The second-order valence-electron chi connectivity index (χ2n) is 20.2. The van der Waals surface area contributed by atoms with Gasteiger partial charge in [-0.25, -0.2) is 0 Å². The number of pyridine rings is 1. The van der Waals surface area contributed by atoms with Crippen molar-refractivity contribution >= 4 is 70.9 Å². The summed E-state index contributed by atoms with van der Waals surface area (Å²) in [5, 5.41) is 6.97. The fourth-order valence-electron chi connectivity index (χ4n) is 11.3. The fraction of sp³-hybridized carbons (Fsp3) is 0.0909. The second kappa shape index (κ2) is 16.4. The average Bonchev–Trinajstić information content (AvgIpc) is 4.22. The Hall–Kier alpha value is -8.31. The molecule has 0 aliphatic carbocycles. The van der Waals surface area contributed by atoms with E-state index in [4.69, 9.17) is 13.8 Å². The Morgan fingerprint density at radius 1 is 0.507 bits per heavy atom. The van der Waals surface area contributed by atoms with Gasteiger partial charge in [0.2, 0.25) is 0 Å². The monoisotopic (exact) mass is 1130 g/mol. The minimum Gasteiger partial charge on any atom is 0.0620 e. The van der Waals surface area contributed by atoms with Crippen molar-refractivity contribution in [2.75, 3.05) is 0 Å². The molecule has 0 N–H and O–H groups in total. The Balaban J connectivity index is 0.970. The van der Waals surface area contributed by atoms with Gasteiger partial charge in [-0.3, -0.25) is 0 Å². The number of nitrogens with zero attached hydrogens (tertiary/aromatic N) is 5. The van der Waals surface area contributed by atoms with Gasteiger partial charge in [0.1, 0.15) is 0 Å². The summed E-state index contributed by atoms with van der Waals surface area (Å²) in [7, 11) is 0. The third-order valence-electron chi connectivity index (χ3n) is 14.7. The van der Waals surface area contributed by atoms with Gasteiger partial charge >= 0.3 is 330 Å². The predicted octanol–water partition coefficient (Wildman–Crippen LogP) is 17.2. The van der Waals surface area contributed by atoms with E-state index >= 15 is 0 Å². The van der Waals surface area contributed by atoms with Gasteiger partial charge in [0, 0.05) is 27.7 Å². The van der Waals surface area contributed by atoms with E-state index in [1.165, 1.54) is 38.1 Å². The van der Waals surface area contributed by atoms with Crippen LogP contribution in [0.3, 0.4) is 0 Å². The topological polar surface area (TPSA) is 41.3 Å². The Morgan fingerprint density at radius 2 is 1.12 bits per heavy atom. The van der Waals surface area contributed by atoms with Crippen molar-refractivity contribution in [3.05, 3.63) is 227 Å². The molecular weight excluding hydrogens is 1070 g/mol. The third kappa shape index (κ3) is 6.74. The number of imidazole rings is 1. The molecule has 0 atom stereocenters. The van der Waals surface area contributed by atoms with Gasteiger partial charge in [0.15, 0.2) is 0 Å². The minimum absolute atomic E-state index is 0.118. The summed E-state index contributed by atoms with van der Waals surface area (Å²) < 4.78 is 43.5. The molecule has 5 aromatic heterocycles. The quantitative estimate of drug-likeness (QED) is 0.160. The molecule has 0 saturated heterocycles. The molecule has 9 aromatic carbocycles. The molecule has 14 aromatic rings. The first-order valence-corrected chi connectivity index (χ1v) is 25.8. The minimum atomic E-state index is -2.47. The molecule has 0 radical (unpaired) electrons. The molecular formula is C66H49N5OPt. The molecule has 0 amide bonds. The maximum absolute atomic E-state index is 8.81. The van der Waals surface area contributed by atoms with Crippen molar-refractivity contribution in [1.29, 1.82) is 0 Å². The van der Waals surface area contributed by atoms with E-state index in [9.17, 15) is 0 Å². The van der Waals surface area contributed by atoms with Crippen molar-refractivity contribution in [2.24, 2.45) is 0 Å². The van der Waals surface area contributed by atoms with Crippen molar-refractivity contribution in [3.63, 3.8) is 0 Å². The van der Waals surface area contributed by atoms with Crippen LogP contribution in [0, 0.1) is 17.6 Å². The molecule has 0 spiro atoms. The zero-order valence-corrected chi connectivity index (χ0v) is 42.9. The number of aryl methyl sites for hydroxylation is 2. The number of rotatable bonds is 7. The molecule has 6 nitrogen and oxygen atoms in total. The van der Waals surface area contributed by atoms with Gasteiger partial charge in [-0.1, -0.05) is 36.4 Å². The van der Waals surface area contributed by atoms with Gasteiger partial charge < -0.3 is 4.40 Å². The number of hydrogen-bond donors (Lipinski definition) is 0. The van der Waals surface area contributed by atoms with Crippen LogP contribution in [0.2, 0.25) is 0 Å². The molecule has 0 saturated carbocycles. The van der Waals surface area contributed by atoms with Gasteiger partial charge in [-0.15, -0.1) is 0 Å². The molecule has 0 bridgehead atoms. The number of ether oxygens (including phenoxy) is 1. The average molecular weight is 1130 g/mol. The maximum Gasteiger partial charge on any atom is 0.0620 e. The fourth-order valence-corrected chi connectivity index (χ4v) is 12.4. The predicted molar refractivity (Wildman–Crippen MR) is 298 cm³/mol. The van der Waals surface area contributed by atoms with E-state index < -0.39 is 6.85 Å². The van der Waals surface area contributed by atoms with Crippen LogP contribution in [0.1, 0.15) is 41.6 Å². The van der Waals surface area contributed by atoms with Crippen molar-refractivity contribution in [2.45, 2.75) is 40.0 Å². The van der Waals surface area contributed by atoms with Crippen molar-refractivity contribution < 1.29 is 28.2 Å². The van der Waals surface area contributed by atoms with Crippen LogP contribution < -0.4 is 4.74 Å². The maximum atomic E-state index is 8.81. The number of hydrogen-bond acceptors (Lipinski definition) is 2. The molecule has 7 heteroatoms. The van der Waals surface area contributed by atoms with Crippen LogP contribution in [-0.2, 0) is 24.8 Å². The first-order chi connectivity index (χ1) is 36.8. The van der Waals surface area contributed by atoms with E-state index in [1.807, 2.05) is 36.5 Å². The second-order valence-corrected chi connectivity index (χ2v) is 21.2. The van der Waals surface area contributed by atoms with Gasteiger partial charge in [-0.05, 0) is 24.6 Å². The van der Waals surface area contributed by atoms with Crippen LogP contribution in [0.25, 0.3) is 110 Å². The smallest absolute Gasteiger partial charge is 0.0620 e. The molecule has 5 heterocycles. The Labute approximate surface area is 437 Å². The number of fused-ring (bicyclic) bond motifs is 10. The van der Waals surface area contributed by atoms with Crippen molar-refractivity contribution in [1.82, 2.24) is 23.1 Å². The largest absolute Gasteiger partial charge is 0.0620 e. The van der Waals surface area contributed by atoms with Crippen LogP contribution in [0.4, 0.5) is 0 Å². The summed E-state index contributed by atoms with van der Waals surface area (Å²) in [6, 6.07) is 69.9. The van der Waals surface area contributed by atoms with Crippen LogP contribution in [-0.4, -0.2) is 23.1 Å².